The Labute approximate surface area is 109 Å². The highest BCUT2D eigenvalue weighted by molar-refractivity contribution is 8.00. The number of benzene rings is 2. The van der Waals surface area contributed by atoms with Gasteiger partial charge in [-0.25, -0.2) is 4.39 Å². The van der Waals surface area contributed by atoms with Crippen molar-refractivity contribution >= 4 is 17.5 Å². The van der Waals surface area contributed by atoms with E-state index >= 15 is 0 Å². The monoisotopic (exact) mass is 261 g/mol. The minimum absolute atomic E-state index is 0.335. The summed E-state index contributed by atoms with van der Waals surface area (Å²) in [6, 6.07) is 15.8. The van der Waals surface area contributed by atoms with E-state index in [2.05, 4.69) is 5.16 Å². The van der Waals surface area contributed by atoms with E-state index in [1.807, 2.05) is 30.3 Å². The smallest absolute Gasteiger partial charge is 0.123 e. The Morgan fingerprint density at radius 1 is 1.11 bits per heavy atom. The minimum atomic E-state index is -0.335. The van der Waals surface area contributed by atoms with Gasteiger partial charge in [0, 0.05) is 16.2 Å². The van der Waals surface area contributed by atoms with Gasteiger partial charge in [0.2, 0.25) is 0 Å². The number of halogens is 1. The highest BCUT2D eigenvalue weighted by Crippen LogP contribution is 2.19. The lowest BCUT2D eigenvalue weighted by Gasteiger charge is -2.04. The average molecular weight is 261 g/mol. The molecule has 0 unspecified atom stereocenters. The van der Waals surface area contributed by atoms with Gasteiger partial charge in [0.1, 0.15) is 5.82 Å². The number of rotatable bonds is 4. The standard InChI is InChI=1S/C14H12FNOS/c15-12-6-4-5-11(9-12)14(16-17)10-18-13-7-2-1-3-8-13/h1-9,17H,10H2/b16-14+. The molecule has 4 heteroatoms. The zero-order valence-electron chi connectivity index (χ0n) is 9.58. The van der Waals surface area contributed by atoms with Crippen LogP contribution in [0, 0.1) is 5.82 Å². The molecule has 0 saturated carbocycles. The Morgan fingerprint density at radius 3 is 2.56 bits per heavy atom. The second kappa shape index (κ2) is 6.21. The molecule has 0 fully saturated rings. The predicted molar refractivity (Wildman–Crippen MR) is 71.9 cm³/mol. The van der Waals surface area contributed by atoms with Crippen LogP contribution in [-0.2, 0) is 0 Å². The lowest BCUT2D eigenvalue weighted by Crippen LogP contribution is -2.04. The van der Waals surface area contributed by atoms with Crippen LogP contribution in [0.5, 0.6) is 0 Å². The fourth-order valence-corrected chi connectivity index (χ4v) is 2.38. The molecule has 0 heterocycles. The van der Waals surface area contributed by atoms with Gasteiger partial charge in [-0.1, -0.05) is 35.5 Å². The second-order valence-electron chi connectivity index (χ2n) is 3.66. The van der Waals surface area contributed by atoms with Crippen molar-refractivity contribution in [3.05, 3.63) is 66.0 Å². The zero-order valence-corrected chi connectivity index (χ0v) is 10.4. The number of hydrogen-bond donors (Lipinski definition) is 1. The SMILES string of the molecule is O/N=C(\CSc1ccccc1)c1cccc(F)c1. The Bertz CT molecular complexity index is 543. The van der Waals surface area contributed by atoms with E-state index in [1.54, 1.807) is 23.9 Å². The van der Waals surface area contributed by atoms with Crippen molar-refractivity contribution in [2.75, 3.05) is 5.75 Å². The van der Waals surface area contributed by atoms with Gasteiger partial charge in [0.05, 0.1) is 5.71 Å². The lowest BCUT2D eigenvalue weighted by molar-refractivity contribution is 0.319. The van der Waals surface area contributed by atoms with E-state index in [0.717, 1.165) is 4.90 Å². The van der Waals surface area contributed by atoms with E-state index in [1.165, 1.54) is 12.1 Å². The van der Waals surface area contributed by atoms with Crippen LogP contribution >= 0.6 is 11.8 Å². The summed E-state index contributed by atoms with van der Waals surface area (Å²) in [5, 5.41) is 12.2. The molecule has 18 heavy (non-hydrogen) atoms. The topological polar surface area (TPSA) is 32.6 Å². The third-order valence-electron chi connectivity index (χ3n) is 2.40. The van der Waals surface area contributed by atoms with Gasteiger partial charge in [-0.05, 0) is 24.3 Å². The molecule has 0 amide bonds. The first-order valence-corrected chi connectivity index (χ1v) is 6.43. The molecule has 1 N–H and O–H groups in total. The molecular formula is C14H12FNOS. The highest BCUT2D eigenvalue weighted by Gasteiger charge is 2.06. The van der Waals surface area contributed by atoms with Crippen LogP contribution in [0.2, 0.25) is 0 Å². The van der Waals surface area contributed by atoms with E-state index < -0.39 is 0 Å². The van der Waals surface area contributed by atoms with E-state index in [0.29, 0.717) is 17.0 Å². The van der Waals surface area contributed by atoms with Crippen LogP contribution in [0.3, 0.4) is 0 Å². The molecule has 0 spiro atoms. The largest absolute Gasteiger partial charge is 0.411 e. The van der Waals surface area contributed by atoms with Gasteiger partial charge in [-0.3, -0.25) is 0 Å². The fourth-order valence-electron chi connectivity index (χ4n) is 1.51. The van der Waals surface area contributed by atoms with Crippen LogP contribution in [0.4, 0.5) is 4.39 Å². The molecule has 0 radical (unpaired) electrons. The molecule has 0 aliphatic rings. The first kappa shape index (κ1) is 12.6. The molecule has 2 nitrogen and oxygen atoms in total. The van der Waals surface area contributed by atoms with Gasteiger partial charge >= 0.3 is 0 Å². The third kappa shape index (κ3) is 3.34. The zero-order chi connectivity index (χ0) is 12.8. The number of hydrogen-bond acceptors (Lipinski definition) is 3. The van der Waals surface area contributed by atoms with Crippen molar-refractivity contribution in [2.24, 2.45) is 5.16 Å². The van der Waals surface area contributed by atoms with E-state index in [9.17, 15) is 4.39 Å². The molecule has 92 valence electrons. The van der Waals surface area contributed by atoms with Gasteiger partial charge in [-0.15, -0.1) is 11.8 Å². The summed E-state index contributed by atoms with van der Waals surface area (Å²) in [4.78, 5) is 1.08. The van der Waals surface area contributed by atoms with Crippen molar-refractivity contribution in [1.29, 1.82) is 0 Å². The molecule has 2 aromatic carbocycles. The molecule has 2 aromatic rings. The third-order valence-corrected chi connectivity index (χ3v) is 3.42. The van der Waals surface area contributed by atoms with Crippen LogP contribution in [-0.4, -0.2) is 16.7 Å². The second-order valence-corrected chi connectivity index (χ2v) is 4.71. The van der Waals surface area contributed by atoms with Gasteiger partial charge in [0.15, 0.2) is 0 Å². The molecule has 0 atom stereocenters. The molecule has 0 bridgehead atoms. The van der Waals surface area contributed by atoms with Crippen LogP contribution in [0.25, 0.3) is 0 Å². The number of nitrogens with zero attached hydrogens (tertiary/aromatic N) is 1. The van der Waals surface area contributed by atoms with Gasteiger partial charge < -0.3 is 5.21 Å². The molecule has 0 aliphatic carbocycles. The Kier molecular flexibility index (Phi) is 4.36. The van der Waals surface area contributed by atoms with Crippen molar-refractivity contribution < 1.29 is 9.60 Å². The van der Waals surface area contributed by atoms with Crippen molar-refractivity contribution in [2.45, 2.75) is 4.90 Å². The molecular weight excluding hydrogens is 249 g/mol. The van der Waals surface area contributed by atoms with Crippen molar-refractivity contribution in [3.63, 3.8) is 0 Å². The van der Waals surface area contributed by atoms with Crippen LogP contribution in [0.1, 0.15) is 5.56 Å². The van der Waals surface area contributed by atoms with Gasteiger partial charge in [-0.2, -0.15) is 0 Å². The Balaban J connectivity index is 2.07. The number of oxime groups is 1. The average Bonchev–Trinajstić information content (AvgIpc) is 2.41. The molecule has 0 aromatic heterocycles. The van der Waals surface area contributed by atoms with E-state index in [-0.39, 0.29) is 5.82 Å². The van der Waals surface area contributed by atoms with Crippen molar-refractivity contribution in [3.8, 4) is 0 Å². The summed E-state index contributed by atoms with van der Waals surface area (Å²) in [5.74, 6) is 0.155. The lowest BCUT2D eigenvalue weighted by atomic mass is 10.1. The summed E-state index contributed by atoms with van der Waals surface area (Å²) in [6.45, 7) is 0. The van der Waals surface area contributed by atoms with Crippen LogP contribution < -0.4 is 0 Å². The quantitative estimate of drug-likeness (QED) is 0.393. The highest BCUT2D eigenvalue weighted by atomic mass is 32.2. The van der Waals surface area contributed by atoms with E-state index in [4.69, 9.17) is 5.21 Å². The molecule has 0 saturated heterocycles. The summed E-state index contributed by atoms with van der Waals surface area (Å²) in [6.07, 6.45) is 0. The van der Waals surface area contributed by atoms with Crippen molar-refractivity contribution in [1.82, 2.24) is 0 Å². The summed E-state index contributed by atoms with van der Waals surface area (Å²) < 4.78 is 13.1. The van der Waals surface area contributed by atoms with Crippen LogP contribution in [0.15, 0.2) is 64.6 Å². The number of thioether (sulfide) groups is 1. The maximum absolute atomic E-state index is 13.1. The maximum Gasteiger partial charge on any atom is 0.123 e. The fraction of sp³-hybridized carbons (Fsp3) is 0.0714. The minimum Gasteiger partial charge on any atom is -0.411 e. The molecule has 2 rings (SSSR count). The Hall–Kier alpha value is -1.81. The first-order chi connectivity index (χ1) is 8.79. The first-order valence-electron chi connectivity index (χ1n) is 5.44. The van der Waals surface area contributed by atoms with Gasteiger partial charge in [0.25, 0.3) is 0 Å². The summed E-state index contributed by atoms with van der Waals surface area (Å²) in [5.41, 5.74) is 1.06. The molecule has 0 aliphatic heterocycles. The maximum atomic E-state index is 13.1. The normalized spacial score (nSPS) is 11.5. The predicted octanol–water partition coefficient (Wildman–Crippen LogP) is 3.80. The Morgan fingerprint density at radius 2 is 1.89 bits per heavy atom. The summed E-state index contributed by atoms with van der Waals surface area (Å²) in [7, 11) is 0. The summed E-state index contributed by atoms with van der Waals surface area (Å²) >= 11 is 1.54.